The van der Waals surface area contributed by atoms with E-state index >= 15 is 9.59 Å². The van der Waals surface area contributed by atoms with Gasteiger partial charge in [0.2, 0.25) is 0 Å². The molecule has 1 aromatic carbocycles. The van der Waals surface area contributed by atoms with Crippen molar-refractivity contribution < 1.29 is 44.0 Å². The van der Waals surface area contributed by atoms with Crippen LogP contribution in [0.2, 0.25) is 0 Å². The summed E-state index contributed by atoms with van der Waals surface area (Å²) in [7, 11) is 3.68. The SMILES string of the molecule is CCC1(C2=C3OC(=O)C4=C3[C@@H](CC2)C[C@H]2[C@@H]3CC[C@@]5(C6=C3[C@H](CN3C(=O)C=CC3=O)C3=CCNC7=C3C=C[C@@H](N7)SS[C@@H](N[C@H]3CC[C@@H]7CCC[C@@H](Cc8cnc[nH]8)[C@@H]7[C@@H]3O)[C@@H]([C@H]3[C@H]7C[C@@H]8C[C@@H](CO)C[C@@H]9C#C[C@H]7C(=C[C@H]3C8)CCc3ccccc3C[C@@H]9O)C/C=C\5OC6=O)[C@@H]42)CCCC1. The van der Waals surface area contributed by atoms with Gasteiger partial charge in [-0.25, -0.2) is 14.6 Å². The lowest BCUT2D eigenvalue weighted by Crippen LogP contribution is -2.57. The third kappa shape index (κ3) is 10.7. The number of allylic oxidation sites excluding steroid dienone is 8. The lowest BCUT2D eigenvalue weighted by molar-refractivity contribution is -0.138. The summed E-state index contributed by atoms with van der Waals surface area (Å²) < 4.78 is 14.2. The highest BCUT2D eigenvalue weighted by Gasteiger charge is 2.71. The molecule has 12 aliphatic carbocycles. The van der Waals surface area contributed by atoms with E-state index in [0.29, 0.717) is 61.3 Å². The molecule has 1 spiro atoms. The first-order valence-corrected chi connectivity index (χ1v) is 41.5. The number of rotatable bonds is 10. The van der Waals surface area contributed by atoms with Crippen molar-refractivity contribution in [1.29, 1.82) is 0 Å². The van der Waals surface area contributed by atoms with Gasteiger partial charge in [-0.1, -0.05) is 120 Å². The van der Waals surface area contributed by atoms with E-state index in [4.69, 9.17) is 9.47 Å². The van der Waals surface area contributed by atoms with Crippen molar-refractivity contribution in [2.75, 3.05) is 19.7 Å². The van der Waals surface area contributed by atoms with Crippen molar-refractivity contribution >= 4 is 45.3 Å². The molecule has 7 N–H and O–H groups in total. The maximum atomic E-state index is 16.4. The van der Waals surface area contributed by atoms with Crippen molar-refractivity contribution in [3.63, 3.8) is 0 Å². The molecule has 19 aliphatic rings. The van der Waals surface area contributed by atoms with Gasteiger partial charge in [0.1, 0.15) is 22.7 Å². The Hall–Kier alpha value is -6.13. The molecule has 6 fully saturated rings. The van der Waals surface area contributed by atoms with Crippen molar-refractivity contribution in [2.45, 2.75) is 190 Å². The van der Waals surface area contributed by atoms with Crippen LogP contribution in [0.1, 0.15) is 159 Å². The number of aromatic amines is 1. The van der Waals surface area contributed by atoms with Gasteiger partial charge in [0.05, 0.1) is 34.9 Å². The van der Waals surface area contributed by atoms with Crippen molar-refractivity contribution in [1.82, 2.24) is 30.8 Å². The van der Waals surface area contributed by atoms with E-state index in [1.54, 1.807) is 6.33 Å². The van der Waals surface area contributed by atoms with E-state index < -0.39 is 35.4 Å². The van der Waals surface area contributed by atoms with Crippen LogP contribution in [0.4, 0.5) is 0 Å². The minimum absolute atomic E-state index is 0.00462. The van der Waals surface area contributed by atoms with Crippen LogP contribution in [0.25, 0.3) is 0 Å². The number of hydrogen-bond donors (Lipinski definition) is 7. The Morgan fingerprint density at radius 1 is 0.822 bits per heavy atom. The summed E-state index contributed by atoms with van der Waals surface area (Å²) in [5, 5.41) is 49.0. The summed E-state index contributed by atoms with van der Waals surface area (Å²) in [6.45, 7) is 2.91. The van der Waals surface area contributed by atoms with Crippen LogP contribution in [0.15, 0.2) is 141 Å². The highest BCUT2D eigenvalue weighted by Crippen LogP contribution is 2.74. The number of hydrogen-bond acceptors (Lipinski definition) is 15. The molecule has 0 unspecified atom stereocenters. The van der Waals surface area contributed by atoms with Gasteiger partial charge in [-0.2, -0.15) is 0 Å². The maximum Gasteiger partial charge on any atom is 0.340 e. The quantitative estimate of drug-likeness (QED) is 0.0387. The summed E-state index contributed by atoms with van der Waals surface area (Å²) in [5.74, 6) is 8.71. The number of carbonyl (C=O) groups excluding carboxylic acids is 4. The number of aromatic nitrogens is 2. The zero-order valence-corrected chi connectivity index (χ0v) is 59.9. The Morgan fingerprint density at radius 2 is 1.68 bits per heavy atom. The number of ether oxygens (including phenoxy) is 2. The molecular formula is C84H98N6O9S2. The average Bonchev–Trinajstić information content (AvgIpc) is 1.56. The Labute approximate surface area is 601 Å². The van der Waals surface area contributed by atoms with E-state index in [-0.39, 0.29) is 118 Å². The molecule has 2 aromatic rings. The second-order valence-corrected chi connectivity index (χ2v) is 36.4. The number of H-pyrrole nitrogens is 1. The fraction of sp³-hybridized carbons (Fsp3) is 0.607. The van der Waals surface area contributed by atoms with Gasteiger partial charge in [-0.05, 0) is 239 Å². The Kier molecular flexibility index (Phi) is 16.8. The number of fused-ring (bicyclic) bond motifs is 12. The van der Waals surface area contributed by atoms with Gasteiger partial charge in [0, 0.05) is 90.2 Å². The smallest absolute Gasteiger partial charge is 0.340 e. The third-order valence-corrected chi connectivity index (χ3v) is 32.3. The Morgan fingerprint density at radius 3 is 2.51 bits per heavy atom. The molecular weight excluding hydrogens is 1300 g/mol. The number of aliphatic hydroxyl groups excluding tert-OH is 3. The zero-order chi connectivity index (χ0) is 68.2. The largest absolute Gasteiger partial charge is 0.427 e. The molecule has 1 saturated heterocycles. The molecule has 530 valence electrons. The van der Waals surface area contributed by atoms with Crippen LogP contribution in [-0.4, -0.2) is 103 Å². The van der Waals surface area contributed by atoms with Gasteiger partial charge in [0.15, 0.2) is 0 Å². The normalized spacial score (nSPS) is 41.3. The Balaban J connectivity index is 0.808. The number of amides is 2. The number of dihydropyridines is 2. The monoisotopic (exact) mass is 1400 g/mol. The molecule has 8 heterocycles. The van der Waals surface area contributed by atoms with Crippen LogP contribution >= 0.6 is 21.6 Å². The third-order valence-electron chi connectivity index (χ3n) is 29.5. The van der Waals surface area contributed by atoms with Crippen LogP contribution in [-0.2, 0) is 47.9 Å². The van der Waals surface area contributed by atoms with Gasteiger partial charge in [0.25, 0.3) is 11.8 Å². The van der Waals surface area contributed by atoms with Crippen molar-refractivity contribution in [3.05, 3.63) is 158 Å². The summed E-state index contributed by atoms with van der Waals surface area (Å²) in [4.78, 5) is 69.6. The van der Waals surface area contributed by atoms with Crippen LogP contribution < -0.4 is 16.0 Å². The number of carbonyl (C=O) groups is 4. The molecule has 7 aliphatic heterocycles. The number of nitrogens with one attached hydrogen (secondary N) is 4. The molecule has 5 saturated carbocycles. The molecule has 21 rings (SSSR count). The zero-order valence-electron chi connectivity index (χ0n) is 58.2. The fourth-order valence-electron chi connectivity index (χ4n) is 25.3. The number of imide groups is 1. The average molecular weight is 1400 g/mol. The summed E-state index contributed by atoms with van der Waals surface area (Å²) >= 11 is 0. The molecule has 1 aromatic heterocycles. The first-order valence-electron chi connectivity index (χ1n) is 39.2. The van der Waals surface area contributed by atoms with Gasteiger partial charge in [-0.15, -0.1) is 0 Å². The number of nitrogens with zero attached hydrogens (tertiary/aromatic N) is 2. The van der Waals surface area contributed by atoms with E-state index in [1.165, 1.54) is 52.2 Å². The fourth-order valence-corrected chi connectivity index (χ4v) is 28.2. The molecule has 2 amide bonds. The Bertz CT molecular complexity index is 4120. The maximum absolute atomic E-state index is 16.4. The molecule has 14 bridgehead atoms. The van der Waals surface area contributed by atoms with Gasteiger partial charge >= 0.3 is 11.9 Å². The number of aliphatic hydroxyl groups is 3. The lowest BCUT2D eigenvalue weighted by atomic mass is 9.42. The minimum atomic E-state index is -1.07. The number of benzene rings is 1. The molecule has 15 nitrogen and oxygen atoms in total. The minimum Gasteiger partial charge on any atom is -0.427 e. The molecule has 17 heteroatoms. The van der Waals surface area contributed by atoms with Gasteiger partial charge < -0.3 is 40.4 Å². The van der Waals surface area contributed by atoms with E-state index in [2.05, 4.69) is 99.3 Å². The molecule has 101 heavy (non-hydrogen) atoms. The van der Waals surface area contributed by atoms with Crippen molar-refractivity contribution in [3.8, 4) is 11.8 Å². The summed E-state index contributed by atoms with van der Waals surface area (Å²) in [6, 6.07) is 8.44. The first kappa shape index (κ1) is 65.6. The van der Waals surface area contributed by atoms with Gasteiger partial charge in [-0.3, -0.25) is 19.8 Å². The number of esters is 2. The van der Waals surface area contributed by atoms with E-state index in [1.807, 2.05) is 27.8 Å². The standard InChI is InChI=1S/C84H98N6O9S2/c1-2-83(28-5-6-29-83)63-20-15-52-38-61-57-26-30-84(75(61)74-72(52)78(63)99-81(74)96)66-22-18-59(71-53-33-44-32-45(42-91)34-50-14-17-55(60(71)35-44)49(36-53)13-12-46-8-3-4-9-48(46)39-65(50)92)80(88-64-21-16-47-10-7-11-51(70(47)77(64)95)37-54-40-85-43-87-54)101-100-67-23-19-58-56(27-31-86-79(58)89-67)62(73(57)76(84)82(97)98-66)41-90-68(93)24-25-69(90)94/h3-4,8-9,19,22-25,27,36,40,43-45,47,50-53,55,57,59-62,64-65,67,70-71,75,77,80,86,88-89,91-92,95H,2,5-7,10-13,15-16,18,20-21,26,28-35,37-39,41-42H2,1H3,(H,85,87)/b66-22+/t44-,45-,47+,50+,51+,52+,53-,55+,57+,59-,60+,61+,62-,64+,65+,67+,70-,71+,75-,77-,80-,84+/m1/s1. The second-order valence-electron chi connectivity index (χ2n) is 33.9. The summed E-state index contributed by atoms with van der Waals surface area (Å²) in [5.41, 5.74) is 10.6. The topological polar surface area (TPSA) is 215 Å². The van der Waals surface area contributed by atoms with Crippen molar-refractivity contribution in [2.24, 2.45) is 106 Å². The predicted octanol–water partition coefficient (Wildman–Crippen LogP) is 12.3. The lowest BCUT2D eigenvalue weighted by Gasteiger charge is -2.58. The van der Waals surface area contributed by atoms with Crippen LogP contribution in [0, 0.1) is 117 Å². The predicted molar refractivity (Wildman–Crippen MR) is 387 cm³/mol. The number of imidazole rings is 1. The molecule has 22 atom stereocenters. The molecule has 0 radical (unpaired) electrons. The first-order chi connectivity index (χ1) is 49.3. The second kappa shape index (κ2) is 25.9. The number of aryl methyl sites for hydroxylation is 1. The van der Waals surface area contributed by atoms with Crippen LogP contribution in [0.3, 0.4) is 0 Å². The van der Waals surface area contributed by atoms with E-state index in [0.717, 1.165) is 161 Å². The summed E-state index contributed by atoms with van der Waals surface area (Å²) in [6.07, 6.45) is 38.7. The van der Waals surface area contributed by atoms with Crippen LogP contribution in [0.5, 0.6) is 0 Å². The highest BCUT2D eigenvalue weighted by atomic mass is 33.1. The highest BCUT2D eigenvalue weighted by molar-refractivity contribution is 8.77. The van der Waals surface area contributed by atoms with E-state index in [9.17, 15) is 24.9 Å².